The minimum absolute atomic E-state index is 0.0458. The first-order chi connectivity index (χ1) is 8.63. The van der Waals surface area contributed by atoms with E-state index in [1.807, 2.05) is 0 Å². The van der Waals surface area contributed by atoms with Crippen LogP contribution in [-0.4, -0.2) is 36.7 Å². The van der Waals surface area contributed by atoms with Gasteiger partial charge in [-0.15, -0.1) is 0 Å². The Labute approximate surface area is 105 Å². The molecule has 0 saturated carbocycles. The van der Waals surface area contributed by atoms with E-state index in [1.165, 1.54) is 12.1 Å². The lowest BCUT2D eigenvalue weighted by atomic mass is 10.1. The Morgan fingerprint density at radius 2 is 2.17 bits per heavy atom. The van der Waals surface area contributed by atoms with Crippen LogP contribution < -0.4 is 11.1 Å². The number of carboxylic acids is 1. The Kier molecular flexibility index (Phi) is 5.83. The molecule has 1 amide bonds. The van der Waals surface area contributed by atoms with Gasteiger partial charge >= 0.3 is 5.97 Å². The average molecular weight is 252 g/mol. The van der Waals surface area contributed by atoms with E-state index < -0.39 is 5.97 Å². The van der Waals surface area contributed by atoms with Crippen LogP contribution in [0.25, 0.3) is 0 Å². The number of benzene rings is 1. The largest absolute Gasteiger partial charge is 0.478 e. The molecule has 0 radical (unpaired) electrons. The first-order valence-electron chi connectivity index (χ1n) is 5.50. The molecule has 0 atom stereocenters. The molecule has 6 heteroatoms. The second-order valence-electron chi connectivity index (χ2n) is 3.62. The molecule has 0 aromatic heterocycles. The van der Waals surface area contributed by atoms with Crippen molar-refractivity contribution in [2.45, 2.75) is 6.54 Å². The molecule has 0 spiro atoms. The van der Waals surface area contributed by atoms with Gasteiger partial charge < -0.3 is 20.9 Å². The number of amides is 1. The lowest BCUT2D eigenvalue weighted by Crippen LogP contribution is -2.28. The van der Waals surface area contributed by atoms with Crippen LogP contribution in [0.4, 0.5) is 0 Å². The molecule has 0 fully saturated rings. The fourth-order valence-corrected chi connectivity index (χ4v) is 1.31. The number of rotatable bonds is 7. The molecule has 0 aliphatic heterocycles. The first kappa shape index (κ1) is 14.1. The van der Waals surface area contributed by atoms with Gasteiger partial charge in [0.05, 0.1) is 12.2 Å². The Bertz CT molecular complexity index is 420. The highest BCUT2D eigenvalue weighted by molar-refractivity contribution is 5.87. The number of nitrogens with one attached hydrogen (secondary N) is 1. The average Bonchev–Trinajstić information content (AvgIpc) is 2.37. The van der Waals surface area contributed by atoms with E-state index in [0.29, 0.717) is 13.2 Å². The number of nitrogens with two attached hydrogens (primary N) is 1. The fourth-order valence-electron chi connectivity index (χ4n) is 1.31. The van der Waals surface area contributed by atoms with Gasteiger partial charge in [0.25, 0.3) is 0 Å². The number of ether oxygens (including phenoxy) is 1. The number of hydrogen-bond donors (Lipinski definition) is 3. The van der Waals surface area contributed by atoms with Crippen molar-refractivity contribution in [3.63, 3.8) is 0 Å². The maximum absolute atomic E-state index is 11.3. The summed E-state index contributed by atoms with van der Waals surface area (Å²) in [6.07, 6.45) is 0. The molecule has 98 valence electrons. The van der Waals surface area contributed by atoms with E-state index in [9.17, 15) is 9.59 Å². The minimum atomic E-state index is -0.991. The summed E-state index contributed by atoms with van der Waals surface area (Å²) >= 11 is 0. The van der Waals surface area contributed by atoms with Crippen molar-refractivity contribution in [2.24, 2.45) is 5.73 Å². The number of carbonyl (C=O) groups is 2. The van der Waals surface area contributed by atoms with E-state index in [4.69, 9.17) is 15.6 Å². The van der Waals surface area contributed by atoms with Crippen LogP contribution in [0, 0.1) is 0 Å². The van der Waals surface area contributed by atoms with E-state index in [0.717, 1.165) is 5.56 Å². The quantitative estimate of drug-likeness (QED) is 0.592. The SMILES string of the molecule is NCCOCC(=O)NCc1cccc(C(=O)O)c1. The Morgan fingerprint density at radius 1 is 1.39 bits per heavy atom. The molecule has 0 saturated heterocycles. The van der Waals surface area contributed by atoms with Gasteiger partial charge in [-0.2, -0.15) is 0 Å². The summed E-state index contributed by atoms with van der Waals surface area (Å²) in [6, 6.07) is 6.39. The summed E-state index contributed by atoms with van der Waals surface area (Å²) in [5.74, 6) is -1.25. The van der Waals surface area contributed by atoms with Gasteiger partial charge in [-0.25, -0.2) is 4.79 Å². The molecule has 1 rings (SSSR count). The van der Waals surface area contributed by atoms with Crippen molar-refractivity contribution in [1.29, 1.82) is 0 Å². The molecular formula is C12H16N2O4. The maximum atomic E-state index is 11.3. The standard InChI is InChI=1S/C12H16N2O4/c13-4-5-18-8-11(15)14-7-9-2-1-3-10(6-9)12(16)17/h1-3,6H,4-5,7-8,13H2,(H,14,15)(H,16,17). The van der Waals surface area contributed by atoms with Crippen LogP contribution >= 0.6 is 0 Å². The molecule has 0 aliphatic rings. The van der Waals surface area contributed by atoms with Crippen LogP contribution in [-0.2, 0) is 16.1 Å². The topological polar surface area (TPSA) is 102 Å². The fraction of sp³-hybridized carbons (Fsp3) is 0.333. The smallest absolute Gasteiger partial charge is 0.335 e. The monoisotopic (exact) mass is 252 g/mol. The van der Waals surface area contributed by atoms with Crippen molar-refractivity contribution < 1.29 is 19.4 Å². The third-order valence-electron chi connectivity index (χ3n) is 2.16. The van der Waals surface area contributed by atoms with Crippen molar-refractivity contribution in [1.82, 2.24) is 5.32 Å². The van der Waals surface area contributed by atoms with E-state index in [-0.39, 0.29) is 24.6 Å². The number of carboxylic acid groups (broad SMARTS) is 1. The second-order valence-corrected chi connectivity index (χ2v) is 3.62. The molecular weight excluding hydrogens is 236 g/mol. The maximum Gasteiger partial charge on any atom is 0.335 e. The highest BCUT2D eigenvalue weighted by atomic mass is 16.5. The van der Waals surface area contributed by atoms with Gasteiger partial charge in [-0.1, -0.05) is 12.1 Å². The normalized spacial score (nSPS) is 10.1. The van der Waals surface area contributed by atoms with Gasteiger partial charge in [0.15, 0.2) is 0 Å². The van der Waals surface area contributed by atoms with Crippen molar-refractivity contribution in [2.75, 3.05) is 19.8 Å². The Hall–Kier alpha value is -1.92. The summed E-state index contributed by atoms with van der Waals surface area (Å²) in [5, 5.41) is 11.4. The van der Waals surface area contributed by atoms with Gasteiger partial charge in [0.2, 0.25) is 5.91 Å². The summed E-state index contributed by atoms with van der Waals surface area (Å²) in [6.45, 7) is 0.928. The highest BCUT2D eigenvalue weighted by Crippen LogP contribution is 2.04. The molecule has 4 N–H and O–H groups in total. The molecule has 1 aromatic rings. The van der Waals surface area contributed by atoms with Gasteiger partial charge in [-0.3, -0.25) is 4.79 Å². The van der Waals surface area contributed by atoms with Crippen LogP contribution in [0.15, 0.2) is 24.3 Å². The van der Waals surface area contributed by atoms with Crippen LogP contribution in [0.1, 0.15) is 15.9 Å². The molecule has 0 unspecified atom stereocenters. The van der Waals surface area contributed by atoms with E-state index >= 15 is 0 Å². The zero-order valence-electron chi connectivity index (χ0n) is 9.89. The van der Waals surface area contributed by atoms with Crippen LogP contribution in [0.2, 0.25) is 0 Å². The van der Waals surface area contributed by atoms with Crippen LogP contribution in [0.5, 0.6) is 0 Å². The second kappa shape index (κ2) is 7.41. The Morgan fingerprint density at radius 3 is 2.83 bits per heavy atom. The molecule has 1 aromatic carbocycles. The molecule has 6 nitrogen and oxygen atoms in total. The summed E-state index contributed by atoms with van der Waals surface area (Å²) in [7, 11) is 0. The van der Waals surface area contributed by atoms with Gasteiger partial charge in [-0.05, 0) is 17.7 Å². The minimum Gasteiger partial charge on any atom is -0.478 e. The molecule has 0 heterocycles. The third-order valence-corrected chi connectivity index (χ3v) is 2.16. The van der Waals surface area contributed by atoms with Gasteiger partial charge in [0.1, 0.15) is 6.61 Å². The summed E-state index contributed by atoms with van der Waals surface area (Å²) < 4.78 is 4.96. The molecule has 0 bridgehead atoms. The molecule has 0 aliphatic carbocycles. The van der Waals surface area contributed by atoms with Crippen molar-refractivity contribution in [3.05, 3.63) is 35.4 Å². The summed E-state index contributed by atoms with van der Waals surface area (Å²) in [5.41, 5.74) is 6.13. The predicted octanol–water partition coefficient (Wildman–Crippen LogP) is -0.0237. The predicted molar refractivity (Wildman–Crippen MR) is 65.1 cm³/mol. The number of carbonyl (C=O) groups excluding carboxylic acids is 1. The van der Waals surface area contributed by atoms with Gasteiger partial charge in [0, 0.05) is 13.1 Å². The lowest BCUT2D eigenvalue weighted by molar-refractivity contribution is -0.125. The summed E-state index contributed by atoms with van der Waals surface area (Å²) in [4.78, 5) is 22.1. The zero-order chi connectivity index (χ0) is 13.4. The zero-order valence-corrected chi connectivity index (χ0v) is 9.89. The van der Waals surface area contributed by atoms with E-state index in [2.05, 4.69) is 5.32 Å². The van der Waals surface area contributed by atoms with Crippen molar-refractivity contribution >= 4 is 11.9 Å². The Balaban J connectivity index is 2.41. The number of aromatic carboxylic acids is 1. The van der Waals surface area contributed by atoms with E-state index in [1.54, 1.807) is 12.1 Å². The third kappa shape index (κ3) is 4.94. The highest BCUT2D eigenvalue weighted by Gasteiger charge is 2.04. The van der Waals surface area contributed by atoms with Crippen molar-refractivity contribution in [3.8, 4) is 0 Å². The first-order valence-corrected chi connectivity index (χ1v) is 5.50. The van der Waals surface area contributed by atoms with Crippen LogP contribution in [0.3, 0.4) is 0 Å². The lowest BCUT2D eigenvalue weighted by Gasteiger charge is -2.06. The molecule has 18 heavy (non-hydrogen) atoms. The number of hydrogen-bond acceptors (Lipinski definition) is 4.